The Morgan fingerprint density at radius 2 is 0.800 bits per heavy atom. The molecule has 1 aromatic rings. The molecule has 142 valence electrons. The van der Waals surface area contributed by atoms with E-state index in [4.69, 9.17) is 15.3 Å². The zero-order chi connectivity index (χ0) is 19.9. The number of hydrogen-bond acceptors (Lipinski definition) is 7. The minimum Gasteiger partial charge on any atom is -0.545 e. The zero-order valence-electron chi connectivity index (χ0n) is 15.5. The van der Waals surface area contributed by atoms with Crippen LogP contribution in [0.15, 0.2) is 24.3 Å². The van der Waals surface area contributed by atoms with Gasteiger partial charge in [-0.1, -0.05) is 24.3 Å². The summed E-state index contributed by atoms with van der Waals surface area (Å²) < 4.78 is 0. The average molecular weight is 392 g/mol. The Labute approximate surface area is 164 Å². The van der Waals surface area contributed by atoms with Crippen LogP contribution in [-0.4, -0.2) is 45.6 Å². The molecule has 0 spiro atoms. The first-order valence-corrected chi connectivity index (χ1v) is 7.38. The molecule has 0 heterocycles. The van der Waals surface area contributed by atoms with Crippen LogP contribution < -0.4 is 10.2 Å². The van der Waals surface area contributed by atoms with E-state index in [1.807, 2.05) is 0 Å². The van der Waals surface area contributed by atoms with Gasteiger partial charge in [-0.3, -0.25) is 0 Å². The molecule has 7 nitrogen and oxygen atoms in total. The van der Waals surface area contributed by atoms with Gasteiger partial charge in [-0.05, 0) is 52.7 Å². The summed E-state index contributed by atoms with van der Waals surface area (Å²) in [6.45, 7) is 10.3. The predicted molar refractivity (Wildman–Crippen MR) is 87.2 cm³/mol. The van der Waals surface area contributed by atoms with Gasteiger partial charge in [-0.15, -0.1) is 0 Å². The van der Waals surface area contributed by atoms with Crippen LogP contribution in [0.1, 0.15) is 62.3 Å². The van der Waals surface area contributed by atoms with Gasteiger partial charge in [-0.25, -0.2) is 0 Å². The van der Waals surface area contributed by atoms with Crippen molar-refractivity contribution < 1.29 is 56.8 Å². The van der Waals surface area contributed by atoms with Crippen LogP contribution in [0.2, 0.25) is 0 Å². The summed E-state index contributed by atoms with van der Waals surface area (Å²) in [4.78, 5) is 20.4. The van der Waals surface area contributed by atoms with E-state index in [9.17, 15) is 19.8 Å². The molecule has 0 aliphatic rings. The van der Waals surface area contributed by atoms with E-state index in [1.54, 1.807) is 41.5 Å². The predicted octanol–water partition coefficient (Wildman–Crippen LogP) is -0.428. The van der Waals surface area contributed by atoms with Crippen molar-refractivity contribution in [3.8, 4) is 0 Å². The molecule has 25 heavy (non-hydrogen) atoms. The number of aliphatic hydroxyl groups is 3. The molecule has 0 aromatic heterocycles. The topological polar surface area (TPSA) is 141 Å². The Bertz CT molecular complexity index is 387. The van der Waals surface area contributed by atoms with Gasteiger partial charge in [0.25, 0.3) is 0 Å². The van der Waals surface area contributed by atoms with E-state index in [1.165, 1.54) is 0 Å². The van der Waals surface area contributed by atoms with Gasteiger partial charge in [0, 0.05) is 18.3 Å². The smallest absolute Gasteiger partial charge is 0.545 e. The fraction of sp³-hybridized carbons (Fsp3) is 0.529. The van der Waals surface area contributed by atoms with E-state index in [-0.39, 0.29) is 51.2 Å². The first kappa shape index (κ1) is 31.5. The second kappa shape index (κ2) is 19.1. The van der Waals surface area contributed by atoms with Crippen LogP contribution >= 0.6 is 0 Å². The fourth-order valence-electron chi connectivity index (χ4n) is 0.742. The zero-order valence-corrected chi connectivity index (χ0v) is 17.1. The SMILES string of the molecule is CC(C)O.CC(C)O.CC(C)O.O=C([O-])c1ccc(C(=O)[O-])cc1.[Ti+2]. The molecule has 0 bridgehead atoms. The fourth-order valence-corrected chi connectivity index (χ4v) is 0.742. The van der Waals surface area contributed by atoms with E-state index in [2.05, 4.69) is 0 Å². The number of rotatable bonds is 2. The molecule has 0 fully saturated rings. The Morgan fingerprint density at radius 3 is 0.880 bits per heavy atom. The van der Waals surface area contributed by atoms with Gasteiger partial charge in [0.05, 0.1) is 11.9 Å². The molecule has 3 N–H and O–H groups in total. The molecule has 0 aliphatic heterocycles. The third-order valence-corrected chi connectivity index (χ3v) is 1.36. The number of aromatic carboxylic acids is 2. The monoisotopic (exact) mass is 392 g/mol. The van der Waals surface area contributed by atoms with Crippen molar-refractivity contribution in [2.45, 2.75) is 59.9 Å². The van der Waals surface area contributed by atoms with Crippen LogP contribution in [-0.2, 0) is 21.7 Å². The molecule has 0 atom stereocenters. The van der Waals surface area contributed by atoms with Crippen LogP contribution in [0.5, 0.6) is 0 Å². The largest absolute Gasteiger partial charge is 2.00 e. The summed E-state index contributed by atoms with van der Waals surface area (Å²) in [5.74, 6) is -2.67. The van der Waals surface area contributed by atoms with Crippen LogP contribution in [0, 0.1) is 0 Å². The molecule has 1 aromatic carbocycles. The quantitative estimate of drug-likeness (QED) is 0.580. The van der Waals surface area contributed by atoms with Crippen LogP contribution in [0.25, 0.3) is 0 Å². The Balaban J connectivity index is -0.000000142. The second-order valence-corrected chi connectivity index (χ2v) is 5.43. The van der Waals surface area contributed by atoms with E-state index in [0.29, 0.717) is 0 Å². The molecular weight excluding hydrogens is 364 g/mol. The summed E-state index contributed by atoms with van der Waals surface area (Å²) in [5, 5.41) is 44.6. The third kappa shape index (κ3) is 34.9. The van der Waals surface area contributed by atoms with Gasteiger partial charge in [-0.2, -0.15) is 0 Å². The van der Waals surface area contributed by atoms with E-state index in [0.717, 1.165) is 24.3 Å². The number of benzene rings is 1. The average Bonchev–Trinajstić information content (AvgIpc) is 2.36. The summed E-state index contributed by atoms with van der Waals surface area (Å²) in [7, 11) is 0. The maximum Gasteiger partial charge on any atom is 2.00 e. The van der Waals surface area contributed by atoms with Crippen molar-refractivity contribution in [3.63, 3.8) is 0 Å². The molecule has 8 heteroatoms. The van der Waals surface area contributed by atoms with Crippen molar-refractivity contribution >= 4 is 11.9 Å². The summed E-state index contributed by atoms with van der Waals surface area (Å²) in [6, 6.07) is 4.61. The Hall–Kier alpha value is -1.25. The van der Waals surface area contributed by atoms with Crippen molar-refractivity contribution in [2.75, 3.05) is 0 Å². The Kier molecular flexibility index (Phi) is 24.1. The summed E-state index contributed by atoms with van der Waals surface area (Å²) >= 11 is 0. The van der Waals surface area contributed by atoms with Gasteiger partial charge >= 0.3 is 21.7 Å². The van der Waals surface area contributed by atoms with Gasteiger partial charge < -0.3 is 35.1 Å². The van der Waals surface area contributed by atoms with Crippen molar-refractivity contribution in [3.05, 3.63) is 35.4 Å². The Morgan fingerprint density at radius 1 is 0.680 bits per heavy atom. The normalized spacial score (nSPS) is 8.80. The molecule has 0 saturated heterocycles. The third-order valence-electron chi connectivity index (χ3n) is 1.36. The van der Waals surface area contributed by atoms with Crippen molar-refractivity contribution in [1.29, 1.82) is 0 Å². The molecule has 0 radical (unpaired) electrons. The van der Waals surface area contributed by atoms with Gasteiger partial charge in [0.15, 0.2) is 0 Å². The minimum absolute atomic E-state index is 0. The standard InChI is InChI=1S/C8H6O4.3C3H8O.Ti/c9-7(10)5-1-2-6(4-3-5)8(11)12;3*1-3(2)4;/h1-4H,(H,9,10)(H,11,12);3*3-4H,1-2H3;/q;;;;+2/p-2. The molecule has 0 amide bonds. The molecular formula is C17H28O7Ti. The van der Waals surface area contributed by atoms with Gasteiger partial charge in [0.2, 0.25) is 0 Å². The number of aliphatic hydroxyl groups excluding tert-OH is 3. The number of carboxylic acid groups (broad SMARTS) is 2. The second-order valence-electron chi connectivity index (χ2n) is 5.43. The number of carbonyl (C=O) groups excluding carboxylic acids is 2. The molecule has 0 aliphatic carbocycles. The van der Waals surface area contributed by atoms with Crippen molar-refractivity contribution in [2.24, 2.45) is 0 Å². The van der Waals surface area contributed by atoms with Gasteiger partial charge in [0.1, 0.15) is 0 Å². The molecule has 1 rings (SSSR count). The minimum atomic E-state index is -1.33. The van der Waals surface area contributed by atoms with Crippen LogP contribution in [0.3, 0.4) is 0 Å². The van der Waals surface area contributed by atoms with Crippen LogP contribution in [0.4, 0.5) is 0 Å². The maximum absolute atomic E-state index is 10.2. The first-order chi connectivity index (χ1) is 10.8. The van der Waals surface area contributed by atoms with E-state index < -0.39 is 11.9 Å². The summed E-state index contributed by atoms with van der Waals surface area (Å²) in [5.41, 5.74) is -0.111. The number of hydrogen-bond donors (Lipinski definition) is 3. The number of carboxylic acids is 2. The summed E-state index contributed by atoms with van der Waals surface area (Å²) in [6.07, 6.45) is -0.500. The molecule has 0 unspecified atom stereocenters. The maximum atomic E-state index is 10.2. The van der Waals surface area contributed by atoms with E-state index >= 15 is 0 Å². The number of carbonyl (C=O) groups is 2. The molecule has 0 saturated carbocycles. The first-order valence-electron chi connectivity index (χ1n) is 7.38. The van der Waals surface area contributed by atoms with Crippen molar-refractivity contribution in [1.82, 2.24) is 0 Å².